The number of rotatable bonds is 3. The van der Waals surface area contributed by atoms with E-state index in [1.165, 1.54) is 54.4 Å². The molecule has 0 bridgehead atoms. The summed E-state index contributed by atoms with van der Waals surface area (Å²) in [6.45, 7) is 0. The van der Waals surface area contributed by atoms with Crippen LogP contribution in [0.1, 0.15) is 0 Å². The van der Waals surface area contributed by atoms with Gasteiger partial charge < -0.3 is 4.57 Å². The lowest BCUT2D eigenvalue weighted by atomic mass is 10.0. The van der Waals surface area contributed by atoms with E-state index in [1.54, 1.807) is 0 Å². The smallest absolute Gasteiger partial charge is 0.138 e. The number of hydrogen-bond acceptors (Lipinski definition) is 1. The first-order valence-corrected chi connectivity index (χ1v) is 14.3. The molecule has 0 unspecified atom stereocenters. The highest BCUT2D eigenvalue weighted by molar-refractivity contribution is 6.28. The molecule has 9 aromatic rings. The molecule has 3 heterocycles. The molecule has 42 heavy (non-hydrogen) atoms. The van der Waals surface area contributed by atoms with Crippen molar-refractivity contribution < 1.29 is 0 Å². The predicted molar refractivity (Wildman–Crippen MR) is 176 cm³/mol. The Bertz CT molecular complexity index is 2440. The van der Waals surface area contributed by atoms with E-state index < -0.39 is 0 Å². The number of benzene rings is 6. The zero-order valence-corrected chi connectivity index (χ0v) is 22.8. The van der Waals surface area contributed by atoms with Crippen LogP contribution in [0.4, 0.5) is 0 Å². The Morgan fingerprint density at radius 1 is 0.429 bits per heavy atom. The van der Waals surface area contributed by atoms with Gasteiger partial charge in [0.15, 0.2) is 0 Å². The first kappa shape index (κ1) is 23.1. The third-order valence-corrected chi connectivity index (χ3v) is 8.55. The first-order chi connectivity index (χ1) is 20.9. The lowest BCUT2D eigenvalue weighted by Gasteiger charge is -2.13. The fourth-order valence-corrected chi connectivity index (χ4v) is 6.75. The van der Waals surface area contributed by atoms with E-state index >= 15 is 0 Å². The zero-order valence-electron chi connectivity index (χ0n) is 22.8. The summed E-state index contributed by atoms with van der Waals surface area (Å²) in [7, 11) is 0. The number of para-hydroxylation sites is 3. The molecule has 0 spiro atoms. The second-order valence-electron chi connectivity index (χ2n) is 10.8. The third-order valence-electron chi connectivity index (χ3n) is 8.55. The van der Waals surface area contributed by atoms with Crippen LogP contribution >= 0.6 is 0 Å². The SMILES string of the molecule is c1ccc(-c2ccnc(-n3c4ccccc4c4ccc5ccc6c7ccccc7n(-c7ccccc7)c6c5c43)c2)cc1. The second kappa shape index (κ2) is 8.92. The van der Waals surface area contributed by atoms with E-state index in [-0.39, 0.29) is 0 Å². The van der Waals surface area contributed by atoms with Gasteiger partial charge in [0.1, 0.15) is 5.82 Å². The maximum atomic E-state index is 4.97. The normalized spacial score (nSPS) is 11.8. The van der Waals surface area contributed by atoms with E-state index in [0.29, 0.717) is 0 Å². The highest BCUT2D eigenvalue weighted by atomic mass is 15.1. The molecule has 0 amide bonds. The summed E-state index contributed by atoms with van der Waals surface area (Å²) in [4.78, 5) is 4.97. The van der Waals surface area contributed by atoms with Gasteiger partial charge in [-0.05, 0) is 52.9 Å². The molecule has 3 heteroatoms. The van der Waals surface area contributed by atoms with Crippen LogP contribution in [-0.2, 0) is 0 Å². The lowest BCUT2D eigenvalue weighted by molar-refractivity contribution is 1.08. The molecule has 0 N–H and O–H groups in total. The standard InChI is InChI=1S/C39H25N3/c1-3-11-26(12-4-1)28-23-24-40-36(25-28)42-35-18-10-8-16-31(35)33-22-20-27-19-21-32-30-15-7-9-17-34(30)41(29-13-5-2-6-14-29)38(32)37(27)39(33)42/h1-25H. The molecule has 196 valence electrons. The van der Waals surface area contributed by atoms with E-state index in [4.69, 9.17) is 4.98 Å². The van der Waals surface area contributed by atoms with Crippen LogP contribution in [0.25, 0.3) is 77.0 Å². The van der Waals surface area contributed by atoms with Crippen molar-refractivity contribution in [2.45, 2.75) is 0 Å². The van der Waals surface area contributed by atoms with Crippen molar-refractivity contribution in [1.82, 2.24) is 14.1 Å². The van der Waals surface area contributed by atoms with Gasteiger partial charge in [-0.15, -0.1) is 0 Å². The minimum absolute atomic E-state index is 0.912. The maximum absolute atomic E-state index is 4.97. The monoisotopic (exact) mass is 535 g/mol. The van der Waals surface area contributed by atoms with Crippen molar-refractivity contribution in [3.63, 3.8) is 0 Å². The molecule has 0 saturated heterocycles. The molecule has 0 aliphatic rings. The Kier molecular flexibility index (Phi) is 4.90. The van der Waals surface area contributed by atoms with Crippen LogP contribution in [0.2, 0.25) is 0 Å². The zero-order chi connectivity index (χ0) is 27.6. The van der Waals surface area contributed by atoms with E-state index in [2.05, 4.69) is 155 Å². The average Bonchev–Trinajstić information content (AvgIpc) is 3.59. The Balaban J connectivity index is 1.51. The van der Waals surface area contributed by atoms with Gasteiger partial charge in [0.05, 0.1) is 22.1 Å². The van der Waals surface area contributed by atoms with Crippen LogP contribution in [0.15, 0.2) is 152 Å². The highest BCUT2D eigenvalue weighted by Gasteiger charge is 2.21. The molecule has 3 nitrogen and oxygen atoms in total. The van der Waals surface area contributed by atoms with E-state index in [0.717, 1.165) is 22.6 Å². The molecule has 9 rings (SSSR count). The third kappa shape index (κ3) is 3.25. The van der Waals surface area contributed by atoms with Crippen molar-refractivity contribution in [3.05, 3.63) is 152 Å². The number of hydrogen-bond donors (Lipinski definition) is 0. The number of fused-ring (bicyclic) bond motifs is 9. The molecular weight excluding hydrogens is 510 g/mol. The van der Waals surface area contributed by atoms with E-state index in [9.17, 15) is 0 Å². The maximum Gasteiger partial charge on any atom is 0.138 e. The lowest BCUT2D eigenvalue weighted by Crippen LogP contribution is -1.99. The molecule has 0 saturated carbocycles. The molecule has 0 atom stereocenters. The number of aromatic nitrogens is 3. The Hall–Kier alpha value is -5.67. The number of nitrogens with zero attached hydrogens (tertiary/aromatic N) is 3. The van der Waals surface area contributed by atoms with Gasteiger partial charge in [0.25, 0.3) is 0 Å². The highest BCUT2D eigenvalue weighted by Crippen LogP contribution is 2.43. The molecule has 3 aromatic heterocycles. The second-order valence-corrected chi connectivity index (χ2v) is 10.8. The predicted octanol–water partition coefficient (Wildman–Crippen LogP) is 10.1. The van der Waals surface area contributed by atoms with Crippen LogP contribution < -0.4 is 0 Å². The van der Waals surface area contributed by atoms with Crippen LogP contribution in [0.5, 0.6) is 0 Å². The summed E-state index contributed by atoms with van der Waals surface area (Å²) >= 11 is 0. The quantitative estimate of drug-likeness (QED) is 0.221. The fourth-order valence-electron chi connectivity index (χ4n) is 6.75. The average molecular weight is 536 g/mol. The minimum Gasteiger partial charge on any atom is -0.309 e. The molecule has 0 aliphatic heterocycles. The Labute approximate surface area is 242 Å². The summed E-state index contributed by atoms with van der Waals surface area (Å²) in [5.74, 6) is 0.912. The van der Waals surface area contributed by atoms with Gasteiger partial charge in [-0.25, -0.2) is 4.98 Å². The Morgan fingerprint density at radius 2 is 1.00 bits per heavy atom. The number of pyridine rings is 1. The van der Waals surface area contributed by atoms with Crippen molar-refractivity contribution in [2.24, 2.45) is 0 Å². The Morgan fingerprint density at radius 3 is 1.69 bits per heavy atom. The molecule has 0 aliphatic carbocycles. The van der Waals surface area contributed by atoms with Gasteiger partial charge in [-0.3, -0.25) is 4.57 Å². The van der Waals surface area contributed by atoms with Crippen molar-refractivity contribution >= 4 is 54.4 Å². The van der Waals surface area contributed by atoms with Crippen LogP contribution in [-0.4, -0.2) is 14.1 Å². The summed E-state index contributed by atoms with van der Waals surface area (Å²) in [5.41, 5.74) is 8.23. The largest absolute Gasteiger partial charge is 0.309 e. The summed E-state index contributed by atoms with van der Waals surface area (Å²) < 4.78 is 4.80. The minimum atomic E-state index is 0.912. The van der Waals surface area contributed by atoms with Crippen molar-refractivity contribution in [1.29, 1.82) is 0 Å². The summed E-state index contributed by atoms with van der Waals surface area (Å²) in [6.07, 6.45) is 1.93. The van der Waals surface area contributed by atoms with E-state index in [1.807, 2.05) is 6.20 Å². The summed E-state index contributed by atoms with van der Waals surface area (Å²) in [6, 6.07) is 52.1. The van der Waals surface area contributed by atoms with Gasteiger partial charge in [-0.2, -0.15) is 0 Å². The van der Waals surface area contributed by atoms with Crippen molar-refractivity contribution in [3.8, 4) is 22.6 Å². The van der Waals surface area contributed by atoms with Gasteiger partial charge in [0.2, 0.25) is 0 Å². The van der Waals surface area contributed by atoms with Gasteiger partial charge in [-0.1, -0.05) is 109 Å². The summed E-state index contributed by atoms with van der Waals surface area (Å²) in [5, 5.41) is 7.38. The molecule has 0 radical (unpaired) electrons. The van der Waals surface area contributed by atoms with Crippen LogP contribution in [0, 0.1) is 0 Å². The molecule has 0 fully saturated rings. The first-order valence-electron chi connectivity index (χ1n) is 14.3. The van der Waals surface area contributed by atoms with Crippen LogP contribution in [0.3, 0.4) is 0 Å². The molecular formula is C39H25N3. The van der Waals surface area contributed by atoms with Crippen molar-refractivity contribution in [2.75, 3.05) is 0 Å². The molecule has 6 aromatic carbocycles. The van der Waals surface area contributed by atoms with Gasteiger partial charge >= 0.3 is 0 Å². The topological polar surface area (TPSA) is 22.8 Å². The van der Waals surface area contributed by atoms with Gasteiger partial charge in [0, 0.05) is 38.8 Å². The fraction of sp³-hybridized carbons (Fsp3) is 0.